The van der Waals surface area contributed by atoms with Gasteiger partial charge in [0.2, 0.25) is 10.0 Å². The van der Waals surface area contributed by atoms with Gasteiger partial charge >= 0.3 is 0 Å². The van der Waals surface area contributed by atoms with E-state index in [0.717, 1.165) is 5.56 Å². The smallest absolute Gasteiger partial charge is 0.265 e. The van der Waals surface area contributed by atoms with Gasteiger partial charge < -0.3 is 19.8 Å². The molecule has 0 atom stereocenters. The first-order valence-corrected chi connectivity index (χ1v) is 8.98. The van der Waals surface area contributed by atoms with E-state index in [9.17, 15) is 13.2 Å². The van der Waals surface area contributed by atoms with Gasteiger partial charge in [0.25, 0.3) is 5.91 Å². The van der Waals surface area contributed by atoms with Crippen LogP contribution >= 0.6 is 0 Å². The highest BCUT2D eigenvalue weighted by Gasteiger charge is 2.19. The minimum absolute atomic E-state index is 0.0108. The van der Waals surface area contributed by atoms with Gasteiger partial charge in [-0.3, -0.25) is 4.79 Å². The maximum absolute atomic E-state index is 12.3. The number of primary amides is 1. The van der Waals surface area contributed by atoms with E-state index >= 15 is 0 Å². The highest BCUT2D eigenvalue weighted by Crippen LogP contribution is 2.15. The number of nitrogens with zero attached hydrogens (tertiary/aromatic N) is 1. The Morgan fingerprint density at radius 1 is 1.24 bits per heavy atom. The van der Waals surface area contributed by atoms with Crippen LogP contribution < -0.4 is 15.2 Å². The zero-order valence-electron chi connectivity index (χ0n) is 14.1. The molecule has 0 fully saturated rings. The summed E-state index contributed by atoms with van der Waals surface area (Å²) >= 11 is 0. The average molecular weight is 367 g/mol. The van der Waals surface area contributed by atoms with Gasteiger partial charge in [0.15, 0.2) is 0 Å². The van der Waals surface area contributed by atoms with Crippen molar-refractivity contribution in [2.45, 2.75) is 11.4 Å². The maximum atomic E-state index is 12.3. The number of hydrogen-bond acceptors (Lipinski definition) is 5. The summed E-state index contributed by atoms with van der Waals surface area (Å²) in [5.41, 5.74) is 6.09. The van der Waals surface area contributed by atoms with E-state index in [1.54, 1.807) is 38.4 Å². The minimum atomic E-state index is -3.75. The standard InChI is InChI=1S/C16H21N3O5S/c1-19-11-14(9-15(19)16(17)20)25(21,22)18-10-12-3-5-13(6-4-12)24-8-7-23-2/h3-6,9,11,18H,7-8,10H2,1-2H3,(H2,17,20). The summed E-state index contributed by atoms with van der Waals surface area (Å²) in [4.78, 5) is 11.2. The van der Waals surface area contributed by atoms with E-state index in [1.807, 2.05) is 0 Å². The topological polar surface area (TPSA) is 113 Å². The Hall–Kier alpha value is -2.36. The SMILES string of the molecule is COCCOc1ccc(CNS(=O)(=O)c2cc(C(N)=O)n(C)c2)cc1. The van der Waals surface area contributed by atoms with E-state index in [2.05, 4.69) is 4.72 Å². The Balaban J connectivity index is 2.00. The molecular formula is C16H21N3O5S. The number of aromatic nitrogens is 1. The van der Waals surface area contributed by atoms with Gasteiger partial charge in [0.1, 0.15) is 22.9 Å². The van der Waals surface area contributed by atoms with E-state index < -0.39 is 15.9 Å². The fourth-order valence-electron chi connectivity index (χ4n) is 2.13. The zero-order chi connectivity index (χ0) is 18.4. The van der Waals surface area contributed by atoms with Crippen LogP contribution in [0.5, 0.6) is 5.75 Å². The highest BCUT2D eigenvalue weighted by atomic mass is 32.2. The van der Waals surface area contributed by atoms with E-state index in [4.69, 9.17) is 15.2 Å². The van der Waals surface area contributed by atoms with Crippen molar-refractivity contribution in [3.05, 3.63) is 47.8 Å². The summed E-state index contributed by atoms with van der Waals surface area (Å²) in [6, 6.07) is 8.30. The fourth-order valence-corrected chi connectivity index (χ4v) is 3.22. The van der Waals surface area contributed by atoms with Crippen LogP contribution in [0.4, 0.5) is 0 Å². The molecule has 0 saturated heterocycles. The number of nitrogens with one attached hydrogen (secondary N) is 1. The first-order valence-electron chi connectivity index (χ1n) is 7.50. The molecule has 8 nitrogen and oxygen atoms in total. The van der Waals surface area contributed by atoms with Gasteiger partial charge in [0.05, 0.1) is 6.61 Å². The number of rotatable bonds is 9. The number of carbonyl (C=O) groups excluding carboxylic acids is 1. The second-order valence-corrected chi connectivity index (χ2v) is 7.11. The number of ether oxygens (including phenoxy) is 2. The average Bonchev–Trinajstić information content (AvgIpc) is 2.97. The Morgan fingerprint density at radius 2 is 1.92 bits per heavy atom. The van der Waals surface area contributed by atoms with Gasteiger partial charge in [0, 0.05) is 26.9 Å². The summed E-state index contributed by atoms with van der Waals surface area (Å²) in [6.45, 7) is 1.05. The van der Waals surface area contributed by atoms with Crippen molar-refractivity contribution in [3.63, 3.8) is 0 Å². The van der Waals surface area contributed by atoms with E-state index in [1.165, 1.54) is 16.8 Å². The quantitative estimate of drug-likeness (QED) is 0.631. The van der Waals surface area contributed by atoms with Crippen LogP contribution in [0.1, 0.15) is 16.1 Å². The number of hydrogen-bond donors (Lipinski definition) is 2. The molecule has 1 aromatic heterocycles. The molecule has 9 heteroatoms. The number of benzene rings is 1. The molecule has 0 spiro atoms. The third-order valence-electron chi connectivity index (χ3n) is 3.49. The number of carbonyl (C=O) groups is 1. The second kappa shape index (κ2) is 8.15. The zero-order valence-corrected chi connectivity index (χ0v) is 14.9. The highest BCUT2D eigenvalue weighted by molar-refractivity contribution is 7.89. The first-order chi connectivity index (χ1) is 11.8. The van der Waals surface area contributed by atoms with Crippen molar-refractivity contribution in [2.75, 3.05) is 20.3 Å². The van der Waals surface area contributed by atoms with Crippen molar-refractivity contribution in [1.82, 2.24) is 9.29 Å². The summed E-state index contributed by atoms with van der Waals surface area (Å²) in [6.07, 6.45) is 1.34. The van der Waals surface area contributed by atoms with Crippen LogP contribution in [-0.4, -0.2) is 39.2 Å². The van der Waals surface area contributed by atoms with Crippen molar-refractivity contribution in [1.29, 1.82) is 0 Å². The number of aryl methyl sites for hydroxylation is 1. The summed E-state index contributed by atoms with van der Waals surface area (Å²) in [5.74, 6) is -0.00849. The lowest BCUT2D eigenvalue weighted by molar-refractivity contribution is 0.0992. The third kappa shape index (κ3) is 5.05. The van der Waals surface area contributed by atoms with Gasteiger partial charge in [-0.1, -0.05) is 12.1 Å². The lowest BCUT2D eigenvalue weighted by Crippen LogP contribution is -2.22. The molecule has 3 N–H and O–H groups in total. The number of methoxy groups -OCH3 is 1. The monoisotopic (exact) mass is 367 g/mol. The van der Waals surface area contributed by atoms with Crippen LogP contribution in [0, 0.1) is 0 Å². The maximum Gasteiger partial charge on any atom is 0.265 e. The van der Waals surface area contributed by atoms with Crippen LogP contribution in [0.3, 0.4) is 0 Å². The Labute approximate surface area is 146 Å². The molecule has 1 aromatic carbocycles. The lowest BCUT2D eigenvalue weighted by Gasteiger charge is -2.08. The number of sulfonamides is 1. The number of nitrogens with two attached hydrogens (primary N) is 1. The van der Waals surface area contributed by atoms with Gasteiger partial charge in [-0.15, -0.1) is 0 Å². The Bertz CT molecular complexity index is 828. The minimum Gasteiger partial charge on any atom is -0.491 e. The molecule has 0 bridgehead atoms. The summed E-state index contributed by atoms with van der Waals surface area (Å²) in [7, 11) is -0.596. The van der Waals surface area contributed by atoms with Crippen LogP contribution in [0.2, 0.25) is 0 Å². The molecule has 0 aliphatic rings. The van der Waals surface area contributed by atoms with Crippen LogP contribution in [0.25, 0.3) is 0 Å². The number of amides is 1. The third-order valence-corrected chi connectivity index (χ3v) is 4.86. The molecule has 0 radical (unpaired) electrons. The van der Waals surface area contributed by atoms with Crippen LogP contribution in [-0.2, 0) is 28.4 Å². The molecule has 0 unspecified atom stereocenters. The van der Waals surface area contributed by atoms with Crippen molar-refractivity contribution in [2.24, 2.45) is 12.8 Å². The molecule has 1 heterocycles. The van der Waals surface area contributed by atoms with Crippen molar-refractivity contribution in [3.8, 4) is 5.75 Å². The predicted molar refractivity (Wildman–Crippen MR) is 91.8 cm³/mol. The molecule has 0 saturated carbocycles. The molecular weight excluding hydrogens is 346 g/mol. The molecule has 25 heavy (non-hydrogen) atoms. The Morgan fingerprint density at radius 3 is 2.48 bits per heavy atom. The molecule has 136 valence electrons. The van der Waals surface area contributed by atoms with Crippen molar-refractivity contribution < 1.29 is 22.7 Å². The van der Waals surface area contributed by atoms with Crippen LogP contribution in [0.15, 0.2) is 41.4 Å². The first kappa shape index (κ1) is 19.0. The predicted octanol–water partition coefficient (Wildman–Crippen LogP) is 0.628. The summed E-state index contributed by atoms with van der Waals surface area (Å²) in [5, 5.41) is 0. The normalized spacial score (nSPS) is 11.4. The summed E-state index contributed by atoms with van der Waals surface area (Å²) < 4.78 is 38.8. The Kier molecular flexibility index (Phi) is 6.18. The molecule has 2 rings (SSSR count). The molecule has 2 aromatic rings. The van der Waals surface area contributed by atoms with E-state index in [0.29, 0.717) is 19.0 Å². The molecule has 0 aliphatic heterocycles. The van der Waals surface area contributed by atoms with Gasteiger partial charge in [-0.05, 0) is 23.8 Å². The molecule has 0 aliphatic carbocycles. The largest absolute Gasteiger partial charge is 0.491 e. The lowest BCUT2D eigenvalue weighted by atomic mass is 10.2. The van der Waals surface area contributed by atoms with Gasteiger partial charge in [-0.2, -0.15) is 0 Å². The van der Waals surface area contributed by atoms with Gasteiger partial charge in [-0.25, -0.2) is 13.1 Å². The fraction of sp³-hybridized carbons (Fsp3) is 0.312. The van der Waals surface area contributed by atoms with E-state index in [-0.39, 0.29) is 17.1 Å². The van der Waals surface area contributed by atoms with Crippen molar-refractivity contribution >= 4 is 15.9 Å². The molecule has 1 amide bonds. The second-order valence-electron chi connectivity index (χ2n) is 5.35.